The second-order valence-corrected chi connectivity index (χ2v) is 6.40. The molecule has 0 heterocycles. The van der Waals surface area contributed by atoms with Crippen LogP contribution in [0.3, 0.4) is 0 Å². The lowest BCUT2D eigenvalue weighted by Gasteiger charge is -2.15. The van der Waals surface area contributed by atoms with Gasteiger partial charge in [-0.15, -0.1) is 12.4 Å². The van der Waals surface area contributed by atoms with Gasteiger partial charge >= 0.3 is 0 Å². The van der Waals surface area contributed by atoms with Gasteiger partial charge in [0.2, 0.25) is 10.0 Å². The maximum atomic E-state index is 12.9. The summed E-state index contributed by atoms with van der Waals surface area (Å²) in [6.45, 7) is -2.03. The van der Waals surface area contributed by atoms with Crippen LogP contribution in [0.1, 0.15) is 0 Å². The molecule has 0 amide bonds. The Labute approximate surface area is 129 Å². The van der Waals surface area contributed by atoms with Crippen LogP contribution in [0.15, 0.2) is 27.6 Å². The first-order valence-corrected chi connectivity index (χ1v) is 7.36. The first-order chi connectivity index (χ1) is 8.19. The van der Waals surface area contributed by atoms with Crippen LogP contribution in [-0.2, 0) is 10.0 Å². The maximum absolute atomic E-state index is 12.9. The summed E-state index contributed by atoms with van der Waals surface area (Å²) in [5, 5.41) is -0.0621. The summed E-state index contributed by atoms with van der Waals surface area (Å²) in [7, 11) is -4.13. The number of alkyl halides is 2. The smallest absolute Gasteiger partial charge is 0.273 e. The summed E-state index contributed by atoms with van der Waals surface area (Å²) >= 11 is 8.74. The molecule has 3 N–H and O–H groups in total. The number of sulfonamides is 1. The minimum absolute atomic E-state index is 0. The van der Waals surface area contributed by atoms with E-state index in [4.69, 9.17) is 17.3 Å². The van der Waals surface area contributed by atoms with Crippen LogP contribution in [0.5, 0.6) is 0 Å². The van der Waals surface area contributed by atoms with Gasteiger partial charge in [0.25, 0.3) is 5.92 Å². The predicted octanol–water partition coefficient (Wildman–Crippen LogP) is 2.40. The van der Waals surface area contributed by atoms with Crippen molar-refractivity contribution in [3.05, 3.63) is 27.7 Å². The number of rotatable bonds is 5. The van der Waals surface area contributed by atoms with E-state index in [1.807, 2.05) is 0 Å². The Kier molecular flexibility index (Phi) is 7.15. The van der Waals surface area contributed by atoms with E-state index in [0.29, 0.717) is 0 Å². The normalized spacial score (nSPS) is 12.1. The van der Waals surface area contributed by atoms with Crippen molar-refractivity contribution < 1.29 is 17.2 Å². The molecule has 110 valence electrons. The molecule has 0 bridgehead atoms. The molecule has 10 heteroatoms. The van der Waals surface area contributed by atoms with Crippen LogP contribution < -0.4 is 10.5 Å². The van der Waals surface area contributed by atoms with E-state index in [1.165, 1.54) is 18.2 Å². The molecule has 0 radical (unpaired) electrons. The molecule has 19 heavy (non-hydrogen) atoms. The van der Waals surface area contributed by atoms with Gasteiger partial charge in [0, 0.05) is 4.47 Å². The van der Waals surface area contributed by atoms with Gasteiger partial charge in [0.1, 0.15) is 4.90 Å². The van der Waals surface area contributed by atoms with Gasteiger partial charge in [0.15, 0.2) is 0 Å². The molecule has 0 saturated heterocycles. The lowest BCUT2D eigenvalue weighted by Crippen LogP contribution is -2.41. The first kappa shape index (κ1) is 19.0. The molecule has 1 aromatic rings. The highest BCUT2D eigenvalue weighted by Gasteiger charge is 2.30. The Morgan fingerprint density at radius 1 is 1.42 bits per heavy atom. The number of nitrogens with two attached hydrogens (primary N) is 1. The highest BCUT2D eigenvalue weighted by molar-refractivity contribution is 9.10. The lowest BCUT2D eigenvalue weighted by atomic mass is 10.3. The molecule has 4 nitrogen and oxygen atoms in total. The zero-order valence-electron chi connectivity index (χ0n) is 9.37. The molecule has 0 atom stereocenters. The van der Waals surface area contributed by atoms with Crippen LogP contribution >= 0.6 is 39.9 Å². The molecular weight excluding hydrogens is 389 g/mol. The van der Waals surface area contributed by atoms with Crippen molar-refractivity contribution in [2.75, 3.05) is 13.1 Å². The zero-order valence-corrected chi connectivity index (χ0v) is 13.3. The van der Waals surface area contributed by atoms with E-state index in [-0.39, 0.29) is 26.8 Å². The van der Waals surface area contributed by atoms with Crippen molar-refractivity contribution in [2.24, 2.45) is 5.73 Å². The third-order valence-electron chi connectivity index (χ3n) is 2.01. The van der Waals surface area contributed by atoms with Crippen LogP contribution in [0.25, 0.3) is 0 Å². The number of benzene rings is 1. The second kappa shape index (κ2) is 7.14. The van der Waals surface area contributed by atoms with Gasteiger partial charge < -0.3 is 5.73 Å². The SMILES string of the molecule is Cl.NCC(F)(F)CNS(=O)(=O)c1c(Cl)cccc1Br. The molecule has 1 aromatic carbocycles. The van der Waals surface area contributed by atoms with E-state index in [2.05, 4.69) is 15.9 Å². The van der Waals surface area contributed by atoms with E-state index in [1.54, 1.807) is 4.72 Å². The summed E-state index contributed by atoms with van der Waals surface area (Å²) in [6, 6.07) is 4.32. The van der Waals surface area contributed by atoms with Gasteiger partial charge in [-0.3, -0.25) is 0 Å². The Hall–Kier alpha value is 0.01000. The number of halogens is 5. The number of nitrogens with one attached hydrogen (secondary N) is 1. The summed E-state index contributed by atoms with van der Waals surface area (Å²) < 4.78 is 51.4. The minimum Gasteiger partial charge on any atom is -0.325 e. The van der Waals surface area contributed by atoms with Gasteiger partial charge in [-0.25, -0.2) is 21.9 Å². The molecule has 0 aliphatic carbocycles. The topological polar surface area (TPSA) is 72.2 Å². The van der Waals surface area contributed by atoms with Gasteiger partial charge in [-0.1, -0.05) is 17.7 Å². The minimum atomic E-state index is -4.13. The molecule has 0 aliphatic rings. The third-order valence-corrected chi connectivity index (χ3v) is 4.86. The Morgan fingerprint density at radius 3 is 2.47 bits per heavy atom. The molecule has 0 aliphatic heterocycles. The van der Waals surface area contributed by atoms with Gasteiger partial charge in [-0.05, 0) is 28.1 Å². The maximum Gasteiger partial charge on any atom is 0.273 e. The highest BCUT2D eigenvalue weighted by Crippen LogP contribution is 2.29. The van der Waals surface area contributed by atoms with Crippen LogP contribution in [-0.4, -0.2) is 27.4 Å². The molecule has 0 saturated carbocycles. The van der Waals surface area contributed by atoms with E-state index >= 15 is 0 Å². The van der Waals surface area contributed by atoms with E-state index in [9.17, 15) is 17.2 Å². The Bertz CT molecular complexity index is 523. The summed E-state index contributed by atoms with van der Waals surface area (Å²) in [5.41, 5.74) is 4.81. The zero-order chi connectivity index (χ0) is 14.0. The van der Waals surface area contributed by atoms with Gasteiger partial charge in [0.05, 0.1) is 18.1 Å². The Morgan fingerprint density at radius 2 is 2.00 bits per heavy atom. The largest absolute Gasteiger partial charge is 0.325 e. The molecule has 0 fully saturated rings. The van der Waals surface area contributed by atoms with E-state index in [0.717, 1.165) is 0 Å². The number of hydrogen-bond donors (Lipinski definition) is 2. The fraction of sp³-hybridized carbons (Fsp3) is 0.333. The fourth-order valence-electron chi connectivity index (χ4n) is 1.08. The van der Waals surface area contributed by atoms with Crippen molar-refractivity contribution in [3.63, 3.8) is 0 Å². The van der Waals surface area contributed by atoms with Crippen molar-refractivity contribution in [1.29, 1.82) is 0 Å². The van der Waals surface area contributed by atoms with Crippen LogP contribution in [0.2, 0.25) is 5.02 Å². The van der Waals surface area contributed by atoms with Crippen molar-refractivity contribution >= 4 is 50.0 Å². The van der Waals surface area contributed by atoms with E-state index < -0.39 is 29.0 Å². The number of hydrogen-bond acceptors (Lipinski definition) is 3. The summed E-state index contributed by atoms with van der Waals surface area (Å²) in [5.74, 6) is -3.30. The van der Waals surface area contributed by atoms with Crippen LogP contribution in [0, 0.1) is 0 Å². The third kappa shape index (κ3) is 5.13. The average molecular weight is 400 g/mol. The highest BCUT2D eigenvalue weighted by atomic mass is 79.9. The predicted molar refractivity (Wildman–Crippen MR) is 75.6 cm³/mol. The second-order valence-electron chi connectivity index (χ2n) is 3.44. The van der Waals surface area contributed by atoms with Crippen molar-refractivity contribution in [1.82, 2.24) is 4.72 Å². The molecule has 0 spiro atoms. The summed E-state index contributed by atoms with van der Waals surface area (Å²) in [6.07, 6.45) is 0. The molecular formula is C9H11BrCl2F2N2O2S. The quantitative estimate of drug-likeness (QED) is 0.798. The Balaban J connectivity index is 0.00000324. The van der Waals surface area contributed by atoms with Crippen LogP contribution in [0.4, 0.5) is 8.78 Å². The van der Waals surface area contributed by atoms with Crippen molar-refractivity contribution in [2.45, 2.75) is 10.8 Å². The standard InChI is InChI=1S/C9H10BrClF2N2O2S.ClH/c10-6-2-1-3-7(11)8(6)18(16,17)15-5-9(12,13)4-14;/h1-3,15H,4-5,14H2;1H. The van der Waals surface area contributed by atoms with Gasteiger partial charge in [-0.2, -0.15) is 0 Å². The lowest BCUT2D eigenvalue weighted by molar-refractivity contribution is 0.0170. The molecule has 1 rings (SSSR count). The molecule has 0 aromatic heterocycles. The monoisotopic (exact) mass is 398 g/mol. The summed E-state index contributed by atoms with van der Waals surface area (Å²) in [4.78, 5) is -0.278. The first-order valence-electron chi connectivity index (χ1n) is 4.71. The van der Waals surface area contributed by atoms with Crippen molar-refractivity contribution in [3.8, 4) is 0 Å². The molecule has 0 unspecified atom stereocenters. The average Bonchev–Trinajstić information content (AvgIpc) is 2.26. The fourth-order valence-corrected chi connectivity index (χ4v) is 3.88.